The molecule has 17 heteroatoms. The van der Waals surface area contributed by atoms with Crippen LogP contribution in [0, 0.1) is 11.8 Å². The summed E-state index contributed by atoms with van der Waals surface area (Å²) < 4.78 is 222. The fourth-order valence-corrected chi connectivity index (χ4v) is 2.91. The van der Waals surface area contributed by atoms with Gasteiger partial charge < -0.3 is 0 Å². The lowest BCUT2D eigenvalue weighted by molar-refractivity contribution is -0.513. The molecule has 2 rings (SSSR count). The fourth-order valence-electron chi connectivity index (χ4n) is 2.91. The maximum atomic E-state index is 13.4. The third-order valence-corrected chi connectivity index (χ3v) is 4.36. The van der Waals surface area contributed by atoms with Gasteiger partial charge in [0.05, 0.1) is 7.18 Å². The maximum absolute atomic E-state index is 13.4. The first-order valence-electron chi connectivity index (χ1n) is 6.39. The summed E-state index contributed by atoms with van der Waals surface area (Å²) in [4.78, 5) is 0. The molecule has 0 N–H and O–H groups in total. The van der Waals surface area contributed by atoms with E-state index in [0.29, 0.717) is 7.18 Å². The van der Waals surface area contributed by atoms with Gasteiger partial charge in [0.2, 0.25) is 0 Å². The van der Waals surface area contributed by atoms with E-state index in [1.54, 1.807) is 0 Å². The first-order valence-corrected chi connectivity index (χ1v) is 6.39. The first-order chi connectivity index (χ1) is 12.0. The lowest BCUT2D eigenvalue weighted by atomic mass is 9.58. The Kier molecular flexibility index (Phi) is 5.06. The molecule has 0 bridgehead atoms. The third-order valence-electron chi connectivity index (χ3n) is 4.36. The fraction of sp³-hybridized carbons (Fsp3) is 1.00. The van der Waals surface area contributed by atoms with Crippen molar-refractivity contribution >= 4 is 0 Å². The van der Waals surface area contributed by atoms with Crippen LogP contribution in [0.3, 0.4) is 0 Å². The molecular formula is C11H5F17. The van der Waals surface area contributed by atoms with Crippen molar-refractivity contribution in [1.29, 1.82) is 0 Å². The molecular weight excluding hydrogens is 455 g/mol. The molecule has 2 aliphatic rings. The van der Waals surface area contributed by atoms with E-state index in [-0.39, 0.29) is 0 Å². The summed E-state index contributed by atoms with van der Waals surface area (Å²) in [6, 6.07) is 0. The predicted molar refractivity (Wildman–Crippen MR) is 53.6 cm³/mol. The Labute approximate surface area is 142 Å². The summed E-state index contributed by atoms with van der Waals surface area (Å²) >= 11 is 0. The van der Waals surface area contributed by atoms with Crippen LogP contribution in [0.5, 0.6) is 0 Å². The van der Waals surface area contributed by atoms with Gasteiger partial charge >= 0.3 is 47.4 Å². The zero-order valence-electron chi connectivity index (χ0n) is 12.6. The molecule has 0 unspecified atom stereocenters. The molecule has 0 nitrogen and oxygen atoms in total. The standard InChI is InChI=1S/C10H2F16.CH3F/c11-3(12)1-2(5(15,16)9(23,24)7(3,19)20)6(17,18)10(25,26)8(21,22)4(1,13)14;1-2/h1-2H;1H3. The van der Waals surface area contributed by atoms with Crippen molar-refractivity contribution < 1.29 is 74.6 Å². The highest BCUT2D eigenvalue weighted by Gasteiger charge is 3.02. The minimum atomic E-state index is -7.55. The van der Waals surface area contributed by atoms with Gasteiger partial charge in [-0.2, -0.15) is 70.2 Å². The summed E-state index contributed by atoms with van der Waals surface area (Å²) in [6.07, 6.45) is 0. The lowest BCUT2D eigenvalue weighted by Gasteiger charge is -2.58. The van der Waals surface area contributed by atoms with Gasteiger partial charge in [-0.3, -0.25) is 4.39 Å². The number of hydrogen-bond donors (Lipinski definition) is 0. The highest BCUT2D eigenvalue weighted by atomic mass is 19.4. The van der Waals surface area contributed by atoms with E-state index in [1.165, 1.54) is 0 Å². The van der Waals surface area contributed by atoms with Crippen molar-refractivity contribution in [3.8, 4) is 0 Å². The number of rotatable bonds is 0. The van der Waals surface area contributed by atoms with E-state index >= 15 is 0 Å². The quantitative estimate of drug-likeness (QED) is 0.395. The molecule has 2 fully saturated rings. The summed E-state index contributed by atoms with van der Waals surface area (Å²) in [7, 11) is 0.500. The zero-order chi connectivity index (χ0) is 23.2. The molecule has 0 atom stereocenters. The van der Waals surface area contributed by atoms with Crippen LogP contribution in [0.4, 0.5) is 74.6 Å². The van der Waals surface area contributed by atoms with Crippen LogP contribution in [0.25, 0.3) is 0 Å². The van der Waals surface area contributed by atoms with Gasteiger partial charge in [-0.25, -0.2) is 0 Å². The second kappa shape index (κ2) is 5.70. The average Bonchev–Trinajstić information content (AvgIpc) is 2.50. The Hall–Kier alpha value is -1.19. The molecule has 0 spiro atoms. The number of alkyl halides is 17. The molecule has 0 heterocycles. The van der Waals surface area contributed by atoms with Crippen LogP contribution < -0.4 is 0 Å². The molecule has 0 radical (unpaired) electrons. The number of halogens is 17. The van der Waals surface area contributed by atoms with Gasteiger partial charge in [0.25, 0.3) is 0 Å². The van der Waals surface area contributed by atoms with Crippen LogP contribution in [-0.4, -0.2) is 54.6 Å². The molecule has 0 aliphatic heterocycles. The molecule has 0 aromatic carbocycles. The van der Waals surface area contributed by atoms with Crippen molar-refractivity contribution in [3.63, 3.8) is 0 Å². The Bertz CT molecular complexity index is 511. The minimum Gasteiger partial charge on any atom is -0.255 e. The SMILES string of the molecule is CF.FC1(F)C2C(C(F)(F)C(F)(F)C1(F)F)C(F)(F)C(F)(F)C(F)(F)C2(F)F. The molecule has 0 aromatic rings. The Morgan fingerprint density at radius 2 is 0.429 bits per heavy atom. The highest BCUT2D eigenvalue weighted by Crippen LogP contribution is 2.75. The van der Waals surface area contributed by atoms with Crippen molar-refractivity contribution in [3.05, 3.63) is 0 Å². The Balaban J connectivity index is 0.00000190. The van der Waals surface area contributed by atoms with Crippen LogP contribution in [0.2, 0.25) is 0 Å². The minimum absolute atomic E-state index is 0.500. The van der Waals surface area contributed by atoms with Crippen molar-refractivity contribution in [1.82, 2.24) is 0 Å². The normalized spacial score (nSPS) is 37.1. The van der Waals surface area contributed by atoms with Crippen molar-refractivity contribution in [2.75, 3.05) is 7.18 Å². The van der Waals surface area contributed by atoms with Gasteiger partial charge in [-0.1, -0.05) is 0 Å². The molecule has 0 saturated heterocycles. The lowest BCUT2D eigenvalue weighted by Crippen LogP contribution is -2.85. The molecule has 168 valence electrons. The van der Waals surface area contributed by atoms with Gasteiger partial charge in [0.15, 0.2) is 0 Å². The largest absolute Gasteiger partial charge is 0.378 e. The third kappa shape index (κ3) is 2.15. The van der Waals surface area contributed by atoms with E-state index < -0.39 is 59.2 Å². The van der Waals surface area contributed by atoms with Crippen LogP contribution >= 0.6 is 0 Å². The molecule has 2 aliphatic carbocycles. The molecule has 28 heavy (non-hydrogen) atoms. The van der Waals surface area contributed by atoms with Gasteiger partial charge in [0, 0.05) is 0 Å². The van der Waals surface area contributed by atoms with E-state index in [9.17, 15) is 74.6 Å². The number of hydrogen-bond acceptors (Lipinski definition) is 0. The van der Waals surface area contributed by atoms with Crippen LogP contribution in [0.15, 0.2) is 0 Å². The maximum Gasteiger partial charge on any atom is 0.378 e. The second-order valence-corrected chi connectivity index (χ2v) is 5.74. The molecule has 2 saturated carbocycles. The number of fused-ring (bicyclic) bond motifs is 1. The summed E-state index contributed by atoms with van der Waals surface area (Å²) in [5.74, 6) is -71.4. The van der Waals surface area contributed by atoms with Gasteiger partial charge in [-0.05, 0) is 0 Å². The van der Waals surface area contributed by atoms with E-state index in [2.05, 4.69) is 0 Å². The van der Waals surface area contributed by atoms with Crippen molar-refractivity contribution in [2.45, 2.75) is 47.4 Å². The van der Waals surface area contributed by atoms with Gasteiger partial charge in [-0.15, -0.1) is 0 Å². The molecule has 0 amide bonds. The average molecular weight is 460 g/mol. The van der Waals surface area contributed by atoms with Crippen LogP contribution in [-0.2, 0) is 0 Å². The topological polar surface area (TPSA) is 0 Å². The summed E-state index contributed by atoms with van der Waals surface area (Å²) in [5, 5.41) is 0. The zero-order valence-corrected chi connectivity index (χ0v) is 12.6. The van der Waals surface area contributed by atoms with Crippen LogP contribution in [0.1, 0.15) is 0 Å². The monoisotopic (exact) mass is 460 g/mol. The van der Waals surface area contributed by atoms with E-state index in [1.807, 2.05) is 0 Å². The first kappa shape index (κ1) is 24.8. The van der Waals surface area contributed by atoms with E-state index in [0.717, 1.165) is 0 Å². The summed E-state index contributed by atoms with van der Waals surface area (Å²) in [6.45, 7) is 0. The van der Waals surface area contributed by atoms with Gasteiger partial charge in [0.1, 0.15) is 11.8 Å². The Morgan fingerprint density at radius 3 is 0.536 bits per heavy atom. The van der Waals surface area contributed by atoms with E-state index in [4.69, 9.17) is 0 Å². The summed E-state index contributed by atoms with van der Waals surface area (Å²) in [5.41, 5.74) is 0. The smallest absolute Gasteiger partial charge is 0.255 e. The predicted octanol–water partition coefficient (Wildman–Crippen LogP) is 5.91. The Morgan fingerprint density at radius 1 is 0.321 bits per heavy atom. The van der Waals surface area contributed by atoms with Crippen molar-refractivity contribution in [2.24, 2.45) is 11.8 Å². The molecule has 0 aromatic heterocycles. The highest BCUT2D eigenvalue weighted by molar-refractivity contribution is 5.27. The second-order valence-electron chi connectivity index (χ2n) is 5.74.